The summed E-state index contributed by atoms with van der Waals surface area (Å²) in [5, 5.41) is 22.9. The van der Waals surface area contributed by atoms with Crippen LogP contribution >= 0.6 is 0 Å². The van der Waals surface area contributed by atoms with Crippen molar-refractivity contribution in [1.29, 1.82) is 0 Å². The predicted octanol–water partition coefficient (Wildman–Crippen LogP) is 6.45. The first-order valence-electron chi connectivity index (χ1n) is 10.6. The van der Waals surface area contributed by atoms with E-state index in [0.29, 0.717) is 0 Å². The van der Waals surface area contributed by atoms with E-state index in [-0.39, 0.29) is 47.6 Å². The van der Waals surface area contributed by atoms with Crippen LogP contribution in [0.5, 0.6) is 23.0 Å². The van der Waals surface area contributed by atoms with E-state index in [2.05, 4.69) is 0 Å². The third-order valence-corrected chi connectivity index (χ3v) is 4.97. The topological polar surface area (TPSA) is 114 Å². The van der Waals surface area contributed by atoms with Crippen molar-refractivity contribution in [1.82, 2.24) is 0 Å². The first kappa shape index (κ1) is 23.2. The largest absolute Gasteiger partial charge is 0.482 e. The van der Waals surface area contributed by atoms with Gasteiger partial charge < -0.3 is 14.2 Å². The van der Waals surface area contributed by atoms with Crippen LogP contribution in [0.25, 0.3) is 0 Å². The van der Waals surface area contributed by atoms with Crippen molar-refractivity contribution < 1.29 is 24.1 Å². The Balaban J connectivity index is 1.55. The van der Waals surface area contributed by atoms with Gasteiger partial charge in [-0.05, 0) is 23.3 Å². The van der Waals surface area contributed by atoms with Crippen LogP contribution in [0.1, 0.15) is 11.1 Å². The molecule has 0 atom stereocenters. The average molecular weight is 472 g/mol. The first-order chi connectivity index (χ1) is 17.0. The molecule has 35 heavy (non-hydrogen) atoms. The molecule has 9 nitrogen and oxygen atoms in total. The van der Waals surface area contributed by atoms with Gasteiger partial charge in [0, 0.05) is 24.3 Å². The van der Waals surface area contributed by atoms with E-state index in [4.69, 9.17) is 14.2 Å². The Morgan fingerprint density at radius 3 is 1.34 bits per heavy atom. The molecule has 0 radical (unpaired) electrons. The normalized spacial score (nSPS) is 10.4. The van der Waals surface area contributed by atoms with Crippen LogP contribution in [0, 0.1) is 20.2 Å². The molecule has 0 N–H and O–H groups in total. The van der Waals surface area contributed by atoms with Crippen LogP contribution in [0.3, 0.4) is 0 Å². The zero-order valence-corrected chi connectivity index (χ0v) is 18.4. The summed E-state index contributed by atoms with van der Waals surface area (Å²) in [6.07, 6.45) is 0. The number of nitro benzene ring substituents is 2. The standard InChI is InChI=1S/C26H20N2O7/c29-27(30)23-13-11-21(15-25(23)33-17-19-7-3-1-4-8-19)35-22-12-14-24(28(31)32)26(16-22)34-18-20-9-5-2-6-10-20/h1-16H,17-18H2. The number of benzene rings is 4. The van der Waals surface area contributed by atoms with Gasteiger partial charge in [0.25, 0.3) is 0 Å². The summed E-state index contributed by atoms with van der Waals surface area (Å²) in [6, 6.07) is 26.8. The average Bonchev–Trinajstić information content (AvgIpc) is 2.87. The van der Waals surface area contributed by atoms with Crippen LogP contribution in [0.4, 0.5) is 11.4 Å². The highest BCUT2D eigenvalue weighted by molar-refractivity contribution is 5.54. The minimum atomic E-state index is -0.536. The summed E-state index contributed by atoms with van der Waals surface area (Å²) in [5.74, 6) is 0.612. The Kier molecular flexibility index (Phi) is 7.17. The van der Waals surface area contributed by atoms with Crippen LogP contribution < -0.4 is 14.2 Å². The van der Waals surface area contributed by atoms with Crippen molar-refractivity contribution >= 4 is 11.4 Å². The maximum atomic E-state index is 11.4. The molecule has 0 unspecified atom stereocenters. The monoisotopic (exact) mass is 472 g/mol. The summed E-state index contributed by atoms with van der Waals surface area (Å²) >= 11 is 0. The fourth-order valence-electron chi connectivity index (χ4n) is 3.26. The lowest BCUT2D eigenvalue weighted by molar-refractivity contribution is -0.386. The quantitative estimate of drug-likeness (QED) is 0.192. The molecule has 176 valence electrons. The SMILES string of the molecule is O=[N+]([O-])c1ccc(Oc2ccc([N+](=O)[O-])c(OCc3ccccc3)c2)cc1OCc1ccccc1. The molecule has 4 aromatic carbocycles. The number of rotatable bonds is 10. The van der Waals surface area contributed by atoms with Crippen LogP contribution in [-0.4, -0.2) is 9.85 Å². The maximum Gasteiger partial charge on any atom is 0.311 e. The highest BCUT2D eigenvalue weighted by Gasteiger charge is 2.19. The Morgan fingerprint density at radius 2 is 0.971 bits per heavy atom. The van der Waals surface area contributed by atoms with Gasteiger partial charge in [0.1, 0.15) is 24.7 Å². The van der Waals surface area contributed by atoms with Crippen molar-refractivity contribution in [3.05, 3.63) is 128 Å². The summed E-state index contributed by atoms with van der Waals surface area (Å²) in [7, 11) is 0. The number of ether oxygens (including phenoxy) is 3. The van der Waals surface area contributed by atoms with E-state index in [1.54, 1.807) is 0 Å². The van der Waals surface area contributed by atoms with Crippen molar-refractivity contribution in [2.75, 3.05) is 0 Å². The molecule has 0 aliphatic heterocycles. The zero-order chi connectivity index (χ0) is 24.6. The highest BCUT2D eigenvalue weighted by atomic mass is 16.6. The predicted molar refractivity (Wildman–Crippen MR) is 128 cm³/mol. The third-order valence-electron chi connectivity index (χ3n) is 4.97. The van der Waals surface area contributed by atoms with Crippen LogP contribution in [0.2, 0.25) is 0 Å². The third kappa shape index (κ3) is 6.11. The summed E-state index contributed by atoms with van der Waals surface area (Å²) < 4.78 is 17.2. The number of hydrogen-bond donors (Lipinski definition) is 0. The maximum absolute atomic E-state index is 11.4. The second kappa shape index (κ2) is 10.8. The molecule has 9 heteroatoms. The Morgan fingerprint density at radius 1 is 0.571 bits per heavy atom. The summed E-state index contributed by atoms with van der Waals surface area (Å²) in [4.78, 5) is 21.8. The summed E-state index contributed by atoms with van der Waals surface area (Å²) in [6.45, 7) is 0.278. The van der Waals surface area contributed by atoms with Gasteiger partial charge in [-0.2, -0.15) is 0 Å². The summed E-state index contributed by atoms with van der Waals surface area (Å²) in [5.41, 5.74) is 1.29. The van der Waals surface area contributed by atoms with E-state index in [0.717, 1.165) is 11.1 Å². The molecule has 0 fully saturated rings. The van der Waals surface area contributed by atoms with Gasteiger partial charge in [0.15, 0.2) is 0 Å². The van der Waals surface area contributed by atoms with Gasteiger partial charge in [-0.3, -0.25) is 20.2 Å². The van der Waals surface area contributed by atoms with Crippen molar-refractivity contribution in [2.24, 2.45) is 0 Å². The minimum Gasteiger partial charge on any atom is -0.482 e. The number of nitrogens with zero attached hydrogens (tertiary/aromatic N) is 2. The van der Waals surface area contributed by atoms with E-state index < -0.39 is 9.85 Å². The Bertz CT molecular complexity index is 1230. The fraction of sp³-hybridized carbons (Fsp3) is 0.0769. The van der Waals surface area contributed by atoms with Crippen LogP contribution in [-0.2, 0) is 13.2 Å². The zero-order valence-electron chi connectivity index (χ0n) is 18.4. The molecule has 0 aliphatic rings. The lowest BCUT2D eigenvalue weighted by Crippen LogP contribution is -2.00. The molecule has 0 saturated carbocycles. The number of hydrogen-bond acceptors (Lipinski definition) is 7. The van der Waals surface area contributed by atoms with E-state index in [1.807, 2.05) is 60.7 Å². The molecule has 4 aromatic rings. The number of nitro groups is 2. The minimum absolute atomic E-state index is 0.0406. The molecular weight excluding hydrogens is 452 g/mol. The Hall–Kier alpha value is -4.92. The lowest BCUT2D eigenvalue weighted by atomic mass is 10.2. The van der Waals surface area contributed by atoms with Crippen LogP contribution in [0.15, 0.2) is 97.1 Å². The molecule has 0 heterocycles. The molecule has 0 aromatic heterocycles. The highest BCUT2D eigenvalue weighted by Crippen LogP contribution is 2.37. The van der Waals surface area contributed by atoms with Crippen molar-refractivity contribution in [3.63, 3.8) is 0 Å². The molecule has 4 rings (SSSR count). The van der Waals surface area contributed by atoms with Gasteiger partial charge in [-0.25, -0.2) is 0 Å². The molecule has 0 bridgehead atoms. The fourth-order valence-corrected chi connectivity index (χ4v) is 3.26. The molecular formula is C26H20N2O7. The van der Waals surface area contributed by atoms with Crippen molar-refractivity contribution in [2.45, 2.75) is 13.2 Å². The van der Waals surface area contributed by atoms with Crippen molar-refractivity contribution in [3.8, 4) is 23.0 Å². The first-order valence-corrected chi connectivity index (χ1v) is 10.6. The van der Waals surface area contributed by atoms with Gasteiger partial charge in [-0.15, -0.1) is 0 Å². The van der Waals surface area contributed by atoms with E-state index in [9.17, 15) is 20.2 Å². The second-order valence-electron chi connectivity index (χ2n) is 7.42. The smallest absolute Gasteiger partial charge is 0.311 e. The lowest BCUT2D eigenvalue weighted by Gasteiger charge is -2.12. The van der Waals surface area contributed by atoms with Gasteiger partial charge in [-0.1, -0.05) is 60.7 Å². The molecule has 0 spiro atoms. The molecule has 0 saturated heterocycles. The van der Waals surface area contributed by atoms with Gasteiger partial charge in [0.05, 0.1) is 9.85 Å². The van der Waals surface area contributed by atoms with Gasteiger partial charge in [0.2, 0.25) is 11.5 Å². The second-order valence-corrected chi connectivity index (χ2v) is 7.42. The van der Waals surface area contributed by atoms with E-state index in [1.165, 1.54) is 36.4 Å². The van der Waals surface area contributed by atoms with Gasteiger partial charge >= 0.3 is 11.4 Å². The Labute approximate surface area is 200 Å². The van der Waals surface area contributed by atoms with E-state index >= 15 is 0 Å². The molecule has 0 aliphatic carbocycles. The molecule has 0 amide bonds.